The Morgan fingerprint density at radius 3 is 3.00 bits per heavy atom. The number of para-hydroxylation sites is 2. The van der Waals surface area contributed by atoms with Gasteiger partial charge in [0.05, 0.1) is 12.3 Å². The molecular formula is C14H22N2O3. The molecule has 0 radical (unpaired) electrons. The van der Waals surface area contributed by atoms with Crippen LogP contribution >= 0.6 is 0 Å². The molecule has 2 unspecified atom stereocenters. The Hall–Kier alpha value is -1.30. The van der Waals surface area contributed by atoms with Crippen LogP contribution in [0.1, 0.15) is 6.42 Å². The molecule has 1 fully saturated rings. The van der Waals surface area contributed by atoms with E-state index in [2.05, 4.69) is 4.90 Å². The predicted molar refractivity (Wildman–Crippen MR) is 74.2 cm³/mol. The van der Waals surface area contributed by atoms with E-state index in [0.29, 0.717) is 24.0 Å². The minimum absolute atomic E-state index is 0.242. The van der Waals surface area contributed by atoms with Crippen LogP contribution in [-0.2, 0) is 4.74 Å². The minimum Gasteiger partial charge on any atom is -0.489 e. The molecule has 0 bridgehead atoms. The summed E-state index contributed by atoms with van der Waals surface area (Å²) in [6.07, 6.45) is 0.487. The first kappa shape index (κ1) is 14.1. The Bertz CT molecular complexity index is 394. The molecule has 0 saturated carbocycles. The van der Waals surface area contributed by atoms with Gasteiger partial charge in [-0.1, -0.05) is 12.1 Å². The summed E-state index contributed by atoms with van der Waals surface area (Å²) < 4.78 is 10.9. The zero-order valence-electron chi connectivity index (χ0n) is 11.3. The summed E-state index contributed by atoms with van der Waals surface area (Å²) in [6.45, 7) is 2.37. The first-order valence-corrected chi connectivity index (χ1v) is 6.60. The lowest BCUT2D eigenvalue weighted by Crippen LogP contribution is -2.39. The zero-order chi connectivity index (χ0) is 13.7. The smallest absolute Gasteiger partial charge is 0.142 e. The Morgan fingerprint density at radius 2 is 2.32 bits per heavy atom. The van der Waals surface area contributed by atoms with E-state index >= 15 is 0 Å². The third kappa shape index (κ3) is 4.09. The number of nitrogen functional groups attached to an aromatic ring is 1. The fourth-order valence-electron chi connectivity index (χ4n) is 2.20. The summed E-state index contributed by atoms with van der Waals surface area (Å²) in [7, 11) is 2.00. The van der Waals surface area contributed by atoms with E-state index in [1.165, 1.54) is 0 Å². The Morgan fingerprint density at radius 1 is 1.53 bits per heavy atom. The number of rotatable bonds is 6. The number of ether oxygens (including phenoxy) is 2. The van der Waals surface area contributed by atoms with E-state index in [9.17, 15) is 5.11 Å². The van der Waals surface area contributed by atoms with Gasteiger partial charge in [0, 0.05) is 19.2 Å². The zero-order valence-corrected chi connectivity index (χ0v) is 11.3. The second-order valence-electron chi connectivity index (χ2n) is 4.96. The van der Waals surface area contributed by atoms with Crippen LogP contribution in [0.2, 0.25) is 0 Å². The summed E-state index contributed by atoms with van der Waals surface area (Å²) in [4.78, 5) is 2.12. The Labute approximate surface area is 113 Å². The molecule has 5 nitrogen and oxygen atoms in total. The van der Waals surface area contributed by atoms with Gasteiger partial charge >= 0.3 is 0 Å². The van der Waals surface area contributed by atoms with Crippen LogP contribution in [0, 0.1) is 0 Å². The second-order valence-corrected chi connectivity index (χ2v) is 4.96. The van der Waals surface area contributed by atoms with Crippen molar-refractivity contribution in [1.29, 1.82) is 0 Å². The third-order valence-corrected chi connectivity index (χ3v) is 3.38. The van der Waals surface area contributed by atoms with Crippen LogP contribution in [0.3, 0.4) is 0 Å². The van der Waals surface area contributed by atoms with Gasteiger partial charge in [-0.05, 0) is 25.6 Å². The SMILES string of the molecule is CN(CC(O)COc1ccccc1N)C1CCOC1. The fourth-order valence-corrected chi connectivity index (χ4v) is 2.20. The number of aliphatic hydroxyl groups excluding tert-OH is 1. The van der Waals surface area contributed by atoms with Gasteiger partial charge in [0.1, 0.15) is 18.5 Å². The normalized spacial score (nSPS) is 20.7. The first-order chi connectivity index (χ1) is 9.16. The van der Waals surface area contributed by atoms with E-state index in [0.717, 1.165) is 19.6 Å². The molecule has 3 N–H and O–H groups in total. The van der Waals surface area contributed by atoms with Crippen LogP contribution in [0.25, 0.3) is 0 Å². The highest BCUT2D eigenvalue weighted by molar-refractivity contribution is 5.51. The second kappa shape index (κ2) is 6.75. The molecule has 1 heterocycles. The van der Waals surface area contributed by atoms with E-state index in [-0.39, 0.29) is 6.61 Å². The van der Waals surface area contributed by atoms with Crippen molar-refractivity contribution in [2.45, 2.75) is 18.6 Å². The van der Waals surface area contributed by atoms with E-state index in [1.807, 2.05) is 19.2 Å². The topological polar surface area (TPSA) is 68.0 Å². The average molecular weight is 266 g/mol. The van der Waals surface area contributed by atoms with Gasteiger partial charge in [-0.2, -0.15) is 0 Å². The van der Waals surface area contributed by atoms with Crippen LogP contribution < -0.4 is 10.5 Å². The van der Waals surface area contributed by atoms with Crippen LogP contribution in [-0.4, -0.2) is 55.6 Å². The van der Waals surface area contributed by atoms with Gasteiger partial charge in [-0.3, -0.25) is 4.90 Å². The molecular weight excluding hydrogens is 244 g/mol. The minimum atomic E-state index is -0.537. The number of aliphatic hydroxyl groups is 1. The summed E-state index contributed by atoms with van der Waals surface area (Å²) in [5.74, 6) is 0.619. The summed E-state index contributed by atoms with van der Waals surface area (Å²) in [6, 6.07) is 7.70. The molecule has 1 aromatic carbocycles. The molecule has 0 amide bonds. The van der Waals surface area contributed by atoms with Gasteiger partial charge in [-0.25, -0.2) is 0 Å². The van der Waals surface area contributed by atoms with Crippen LogP contribution in [0.15, 0.2) is 24.3 Å². The van der Waals surface area contributed by atoms with Crippen molar-refractivity contribution in [2.75, 3.05) is 39.1 Å². The van der Waals surface area contributed by atoms with Crippen molar-refractivity contribution in [3.05, 3.63) is 24.3 Å². The van der Waals surface area contributed by atoms with Crippen molar-refractivity contribution in [1.82, 2.24) is 4.90 Å². The van der Waals surface area contributed by atoms with Crippen LogP contribution in [0.5, 0.6) is 5.75 Å². The summed E-state index contributed by atoms with van der Waals surface area (Å²) in [5.41, 5.74) is 6.36. The third-order valence-electron chi connectivity index (χ3n) is 3.38. The fraction of sp³-hybridized carbons (Fsp3) is 0.571. The Kier molecular flexibility index (Phi) is 5.01. The summed E-state index contributed by atoms with van der Waals surface area (Å²) >= 11 is 0. The average Bonchev–Trinajstić information content (AvgIpc) is 2.91. The molecule has 0 spiro atoms. The largest absolute Gasteiger partial charge is 0.489 e. The maximum Gasteiger partial charge on any atom is 0.142 e. The van der Waals surface area contributed by atoms with E-state index in [4.69, 9.17) is 15.2 Å². The van der Waals surface area contributed by atoms with E-state index in [1.54, 1.807) is 12.1 Å². The maximum atomic E-state index is 9.98. The number of nitrogens with zero attached hydrogens (tertiary/aromatic N) is 1. The first-order valence-electron chi connectivity index (χ1n) is 6.60. The number of nitrogens with two attached hydrogens (primary N) is 1. The predicted octanol–water partition coefficient (Wildman–Crippen LogP) is 0.729. The van der Waals surface area contributed by atoms with Crippen molar-refractivity contribution < 1.29 is 14.6 Å². The molecule has 1 aliphatic heterocycles. The monoisotopic (exact) mass is 266 g/mol. The van der Waals surface area contributed by atoms with Gasteiger partial charge in [0.2, 0.25) is 0 Å². The van der Waals surface area contributed by atoms with Crippen molar-refractivity contribution in [3.63, 3.8) is 0 Å². The summed E-state index contributed by atoms with van der Waals surface area (Å²) in [5, 5.41) is 9.98. The maximum absolute atomic E-state index is 9.98. The quantitative estimate of drug-likeness (QED) is 0.743. The number of likely N-dealkylation sites (N-methyl/N-ethyl adjacent to an activating group) is 1. The molecule has 1 saturated heterocycles. The molecule has 2 rings (SSSR count). The van der Waals surface area contributed by atoms with Gasteiger partial charge in [0.25, 0.3) is 0 Å². The molecule has 1 aliphatic rings. The molecule has 106 valence electrons. The number of hydrogen-bond donors (Lipinski definition) is 2. The molecule has 1 aromatic rings. The Balaban J connectivity index is 1.75. The highest BCUT2D eigenvalue weighted by Crippen LogP contribution is 2.20. The highest BCUT2D eigenvalue weighted by Gasteiger charge is 2.22. The number of benzene rings is 1. The lowest BCUT2D eigenvalue weighted by atomic mass is 10.2. The van der Waals surface area contributed by atoms with Crippen LogP contribution in [0.4, 0.5) is 5.69 Å². The van der Waals surface area contributed by atoms with E-state index < -0.39 is 6.10 Å². The van der Waals surface area contributed by atoms with Gasteiger partial charge in [-0.15, -0.1) is 0 Å². The molecule has 5 heteroatoms. The number of anilines is 1. The lowest BCUT2D eigenvalue weighted by Gasteiger charge is -2.25. The molecule has 0 aliphatic carbocycles. The molecule has 2 atom stereocenters. The standard InChI is InChI=1S/C14H22N2O3/c1-16(11-6-7-18-9-11)8-12(17)10-19-14-5-3-2-4-13(14)15/h2-5,11-12,17H,6-10,15H2,1H3. The van der Waals surface area contributed by atoms with Crippen molar-refractivity contribution >= 4 is 5.69 Å². The lowest BCUT2D eigenvalue weighted by molar-refractivity contribution is 0.0599. The molecule has 0 aromatic heterocycles. The highest BCUT2D eigenvalue weighted by atomic mass is 16.5. The van der Waals surface area contributed by atoms with Gasteiger partial charge < -0.3 is 20.3 Å². The van der Waals surface area contributed by atoms with Crippen molar-refractivity contribution in [2.24, 2.45) is 0 Å². The van der Waals surface area contributed by atoms with Gasteiger partial charge in [0.15, 0.2) is 0 Å². The van der Waals surface area contributed by atoms with Crippen molar-refractivity contribution in [3.8, 4) is 5.75 Å². The number of hydrogen-bond acceptors (Lipinski definition) is 5. The molecule has 19 heavy (non-hydrogen) atoms.